The second-order valence-corrected chi connectivity index (χ2v) is 14.1. The minimum atomic E-state index is -4.97. The maximum absolute atomic E-state index is 14.0. The summed E-state index contributed by atoms with van der Waals surface area (Å²) < 4.78 is 82.2. The molecule has 2 atom stereocenters. The van der Waals surface area contributed by atoms with Crippen molar-refractivity contribution in [2.24, 2.45) is 5.92 Å². The van der Waals surface area contributed by atoms with Gasteiger partial charge in [0.25, 0.3) is 5.56 Å². The Balaban J connectivity index is 1.60. The summed E-state index contributed by atoms with van der Waals surface area (Å²) in [7, 11) is -3.59. The van der Waals surface area contributed by atoms with Gasteiger partial charge in [0.15, 0.2) is 9.84 Å². The third kappa shape index (κ3) is 6.89. The number of fused-ring (bicyclic) bond motifs is 1. The molecule has 1 aliphatic carbocycles. The van der Waals surface area contributed by atoms with Crippen molar-refractivity contribution in [1.29, 1.82) is 5.26 Å². The van der Waals surface area contributed by atoms with E-state index in [9.17, 15) is 40.8 Å². The van der Waals surface area contributed by atoms with E-state index in [0.29, 0.717) is 47.1 Å². The minimum absolute atomic E-state index is 0.0782. The van der Waals surface area contributed by atoms with Gasteiger partial charge in [0.05, 0.1) is 44.8 Å². The van der Waals surface area contributed by atoms with E-state index >= 15 is 0 Å². The van der Waals surface area contributed by atoms with Crippen molar-refractivity contribution in [3.8, 4) is 11.8 Å². The molecule has 1 saturated carbocycles. The number of Topliss-reactive ketones (excluding diaryl/α,β-unsaturated/α-hetero) is 1. The number of alkyl halides is 3. The van der Waals surface area contributed by atoms with E-state index in [1.165, 1.54) is 16.7 Å². The predicted molar refractivity (Wildman–Crippen MR) is 165 cm³/mol. The van der Waals surface area contributed by atoms with Crippen LogP contribution in [0.1, 0.15) is 67.5 Å². The van der Waals surface area contributed by atoms with Crippen LogP contribution in [-0.4, -0.2) is 34.8 Å². The molecule has 3 aromatic carbocycles. The summed E-state index contributed by atoms with van der Waals surface area (Å²) in [5.74, 6) is -4.16. The highest BCUT2D eigenvalue weighted by Crippen LogP contribution is 2.35. The summed E-state index contributed by atoms with van der Waals surface area (Å²) in [4.78, 5) is 32.6. The molecule has 1 fully saturated rings. The smallest absolute Gasteiger partial charge is 0.299 e. The van der Waals surface area contributed by atoms with Crippen LogP contribution in [0.4, 0.5) is 17.6 Å². The molecule has 5 rings (SSSR count). The fraction of sp³-hybridized carbons (Fsp3) is 0.353. The van der Waals surface area contributed by atoms with Crippen molar-refractivity contribution in [3.63, 3.8) is 0 Å². The van der Waals surface area contributed by atoms with Crippen LogP contribution in [0.15, 0.2) is 71.5 Å². The molecule has 0 spiro atoms. The number of halogens is 4. The Bertz CT molecular complexity index is 1980. The maximum Gasteiger partial charge on any atom is 0.419 e. The van der Waals surface area contributed by atoms with Crippen LogP contribution < -0.4 is 5.56 Å². The topological polar surface area (TPSA) is 110 Å². The molecule has 0 N–H and O–H groups in total. The second-order valence-electron chi connectivity index (χ2n) is 11.7. The van der Waals surface area contributed by atoms with E-state index in [1.54, 1.807) is 43.3 Å². The van der Waals surface area contributed by atoms with Crippen molar-refractivity contribution in [3.05, 3.63) is 105 Å². The number of carbonyl (C=O) groups excluding carboxylic acids is 1. The van der Waals surface area contributed by atoms with E-state index < -0.39 is 62.2 Å². The summed E-state index contributed by atoms with van der Waals surface area (Å²) in [6.45, 7) is 1.63. The average molecular weight is 654 g/mol. The highest BCUT2D eigenvalue weighted by Gasteiger charge is 2.36. The number of nitrogens with zero attached hydrogens (tertiary/aromatic N) is 3. The lowest BCUT2D eigenvalue weighted by Crippen LogP contribution is -2.32. The van der Waals surface area contributed by atoms with Crippen molar-refractivity contribution in [2.45, 2.75) is 62.8 Å². The fourth-order valence-corrected chi connectivity index (χ4v) is 8.16. The first-order chi connectivity index (χ1) is 21.8. The summed E-state index contributed by atoms with van der Waals surface area (Å²) in [6, 6.07) is 17.1. The molecule has 0 saturated heterocycles. The number of para-hydroxylation sites is 1. The standard InChI is InChI=1S/C34H31F4N3O4S/c1-21(32-40-30-9-5-4-8-27(30)33(43)41(32)24-13-10-22(20-39)11-14-24)26(16-17-46(44,45)25-6-2-3-7-25)31(42)19-23-12-15-29(35)28(18-23)34(36,37)38/h4-5,8-15,18,21,25-26H,2-3,6-7,16-17,19H2,1H3. The van der Waals surface area contributed by atoms with Crippen LogP contribution in [-0.2, 0) is 27.2 Å². The molecule has 0 amide bonds. The molecule has 240 valence electrons. The van der Waals surface area contributed by atoms with Crippen LogP contribution in [0.3, 0.4) is 0 Å². The van der Waals surface area contributed by atoms with Gasteiger partial charge in [0, 0.05) is 18.3 Å². The third-order valence-corrected chi connectivity index (χ3v) is 11.0. The number of nitriles is 1. The maximum atomic E-state index is 14.0. The highest BCUT2D eigenvalue weighted by molar-refractivity contribution is 7.92. The number of benzene rings is 3. The first kappa shape index (κ1) is 33.0. The normalized spacial score (nSPS) is 15.5. The van der Waals surface area contributed by atoms with Crippen LogP contribution in [0.5, 0.6) is 0 Å². The molecule has 7 nitrogen and oxygen atoms in total. The van der Waals surface area contributed by atoms with Crippen LogP contribution in [0, 0.1) is 23.1 Å². The molecule has 1 aromatic heterocycles. The molecule has 2 unspecified atom stereocenters. The molecule has 0 aliphatic heterocycles. The largest absolute Gasteiger partial charge is 0.419 e. The van der Waals surface area contributed by atoms with Gasteiger partial charge in [-0.2, -0.15) is 18.4 Å². The van der Waals surface area contributed by atoms with Crippen LogP contribution >= 0.6 is 0 Å². The van der Waals surface area contributed by atoms with Gasteiger partial charge in [-0.15, -0.1) is 0 Å². The van der Waals surface area contributed by atoms with Crippen LogP contribution in [0.25, 0.3) is 16.6 Å². The zero-order chi connectivity index (χ0) is 33.2. The number of hydrogen-bond donors (Lipinski definition) is 0. The Morgan fingerprint density at radius 1 is 1.07 bits per heavy atom. The van der Waals surface area contributed by atoms with Gasteiger partial charge < -0.3 is 0 Å². The van der Waals surface area contributed by atoms with E-state index in [2.05, 4.69) is 0 Å². The van der Waals surface area contributed by atoms with Gasteiger partial charge in [-0.25, -0.2) is 17.8 Å². The SMILES string of the molecule is CC(c1nc2ccccc2c(=O)n1-c1ccc(C#N)cc1)C(CCS(=O)(=O)C1CCCC1)C(=O)Cc1ccc(F)c(C(F)(F)F)c1. The number of rotatable bonds is 10. The number of sulfone groups is 1. The van der Waals surface area contributed by atoms with Gasteiger partial charge in [-0.05, 0) is 73.4 Å². The van der Waals surface area contributed by atoms with E-state index in [4.69, 9.17) is 4.98 Å². The summed E-state index contributed by atoms with van der Waals surface area (Å²) >= 11 is 0. The van der Waals surface area contributed by atoms with Crippen molar-refractivity contribution >= 4 is 26.5 Å². The van der Waals surface area contributed by atoms with Crippen molar-refractivity contribution in [1.82, 2.24) is 9.55 Å². The van der Waals surface area contributed by atoms with Gasteiger partial charge in [0.1, 0.15) is 17.4 Å². The number of hydrogen-bond acceptors (Lipinski definition) is 6. The fourth-order valence-electron chi connectivity index (χ4n) is 6.20. The molecular formula is C34H31F4N3O4S. The van der Waals surface area contributed by atoms with Gasteiger partial charge >= 0.3 is 6.18 Å². The number of carbonyl (C=O) groups is 1. The Labute approximate surface area is 263 Å². The number of ketones is 1. The summed E-state index contributed by atoms with van der Waals surface area (Å²) in [5.41, 5.74) is -0.972. The highest BCUT2D eigenvalue weighted by atomic mass is 32.2. The number of aromatic nitrogens is 2. The lowest BCUT2D eigenvalue weighted by Gasteiger charge is -2.26. The first-order valence-electron chi connectivity index (χ1n) is 14.9. The van der Waals surface area contributed by atoms with Crippen LogP contribution in [0.2, 0.25) is 0 Å². The zero-order valence-electron chi connectivity index (χ0n) is 24.9. The van der Waals surface area contributed by atoms with E-state index in [1.807, 2.05) is 6.07 Å². The molecular weight excluding hydrogens is 622 g/mol. The Morgan fingerprint density at radius 3 is 2.39 bits per heavy atom. The Hall–Kier alpha value is -4.37. The first-order valence-corrected chi connectivity index (χ1v) is 16.6. The van der Waals surface area contributed by atoms with Gasteiger partial charge in [0.2, 0.25) is 0 Å². The molecule has 0 radical (unpaired) electrons. The second kappa shape index (κ2) is 13.2. The Morgan fingerprint density at radius 2 is 1.74 bits per heavy atom. The van der Waals surface area contributed by atoms with Crippen molar-refractivity contribution < 1.29 is 30.8 Å². The molecule has 46 heavy (non-hydrogen) atoms. The molecule has 1 heterocycles. The molecule has 1 aliphatic rings. The quantitative estimate of drug-likeness (QED) is 0.176. The van der Waals surface area contributed by atoms with E-state index in [-0.39, 0.29) is 23.6 Å². The summed E-state index contributed by atoms with van der Waals surface area (Å²) in [5, 5.41) is 9.04. The van der Waals surface area contributed by atoms with Gasteiger partial charge in [-0.1, -0.05) is 38.0 Å². The summed E-state index contributed by atoms with van der Waals surface area (Å²) in [6.07, 6.45) is -3.02. The molecule has 12 heteroatoms. The lowest BCUT2D eigenvalue weighted by molar-refractivity contribution is -0.140. The van der Waals surface area contributed by atoms with E-state index in [0.717, 1.165) is 18.9 Å². The molecule has 0 bridgehead atoms. The van der Waals surface area contributed by atoms with Gasteiger partial charge in [-0.3, -0.25) is 14.2 Å². The lowest BCUT2D eigenvalue weighted by atomic mass is 9.84. The monoisotopic (exact) mass is 653 g/mol. The predicted octanol–water partition coefficient (Wildman–Crippen LogP) is 6.69. The minimum Gasteiger partial charge on any atom is -0.299 e. The van der Waals surface area contributed by atoms with Crippen molar-refractivity contribution in [2.75, 3.05) is 5.75 Å². The zero-order valence-corrected chi connectivity index (χ0v) is 25.7. The Kier molecular flexibility index (Phi) is 9.44. The average Bonchev–Trinajstić information content (AvgIpc) is 3.58. The third-order valence-electron chi connectivity index (χ3n) is 8.72. The molecule has 4 aromatic rings.